The minimum Gasteiger partial charge on any atom is -0.618 e. The highest BCUT2D eigenvalue weighted by Gasteiger charge is 2.10. The summed E-state index contributed by atoms with van der Waals surface area (Å²) in [6, 6.07) is 11.5. The number of esters is 1. The van der Waals surface area contributed by atoms with Crippen LogP contribution in [-0.2, 0) is 9.53 Å². The van der Waals surface area contributed by atoms with Gasteiger partial charge in [-0.1, -0.05) is 13.3 Å². The Balaban J connectivity index is 1.83. The number of nitrogens with one attached hydrogen (secondary N) is 1. The number of carbonyl (C=O) groups is 2. The number of pyridine rings is 1. The summed E-state index contributed by atoms with van der Waals surface area (Å²) in [7, 11) is 0. The fourth-order valence-electron chi connectivity index (χ4n) is 1.94. The first-order valence-corrected chi connectivity index (χ1v) is 8.96. The van der Waals surface area contributed by atoms with E-state index < -0.39 is 0 Å². The Kier molecular flexibility index (Phi) is 7.28. The number of rotatable bonds is 8. The van der Waals surface area contributed by atoms with Gasteiger partial charge < -0.3 is 15.3 Å². The van der Waals surface area contributed by atoms with Gasteiger partial charge in [0.15, 0.2) is 6.20 Å². The van der Waals surface area contributed by atoms with Gasteiger partial charge in [0.25, 0.3) is 5.03 Å². The van der Waals surface area contributed by atoms with Crippen molar-refractivity contribution in [2.45, 2.75) is 24.8 Å². The van der Waals surface area contributed by atoms with Gasteiger partial charge in [-0.3, -0.25) is 4.79 Å². The van der Waals surface area contributed by atoms with Crippen molar-refractivity contribution in [2.75, 3.05) is 17.7 Å². The lowest BCUT2D eigenvalue weighted by atomic mass is 10.2. The van der Waals surface area contributed by atoms with Gasteiger partial charge in [0.2, 0.25) is 5.91 Å². The molecule has 0 saturated carbocycles. The second kappa shape index (κ2) is 9.68. The number of hydrogen-bond acceptors (Lipinski definition) is 5. The maximum Gasteiger partial charge on any atom is 0.338 e. The zero-order valence-corrected chi connectivity index (χ0v) is 14.8. The molecule has 0 aliphatic heterocycles. The van der Waals surface area contributed by atoms with E-state index in [-0.39, 0.29) is 17.6 Å². The average molecular weight is 360 g/mol. The van der Waals surface area contributed by atoms with Gasteiger partial charge in [-0.25, -0.2) is 4.79 Å². The summed E-state index contributed by atoms with van der Waals surface area (Å²) in [5.41, 5.74) is 1.03. The van der Waals surface area contributed by atoms with Crippen molar-refractivity contribution in [3.63, 3.8) is 0 Å². The third-order valence-electron chi connectivity index (χ3n) is 3.28. The number of benzene rings is 1. The highest BCUT2D eigenvalue weighted by Crippen LogP contribution is 2.15. The van der Waals surface area contributed by atoms with Crippen molar-refractivity contribution < 1.29 is 19.1 Å². The molecule has 1 heterocycles. The van der Waals surface area contributed by atoms with Crippen molar-refractivity contribution in [1.29, 1.82) is 0 Å². The Bertz CT molecular complexity index is 719. The lowest BCUT2D eigenvalue weighted by Gasteiger charge is -2.07. The van der Waals surface area contributed by atoms with Crippen molar-refractivity contribution >= 4 is 29.3 Å². The average Bonchev–Trinajstić information content (AvgIpc) is 2.62. The van der Waals surface area contributed by atoms with Gasteiger partial charge >= 0.3 is 5.97 Å². The van der Waals surface area contributed by atoms with E-state index in [0.29, 0.717) is 22.9 Å². The Morgan fingerprint density at radius 3 is 2.64 bits per heavy atom. The molecule has 1 amide bonds. The predicted octanol–water partition coefficient (Wildman–Crippen LogP) is 3.01. The lowest BCUT2D eigenvalue weighted by molar-refractivity contribution is -0.645. The molecule has 0 bridgehead atoms. The quantitative estimate of drug-likeness (QED) is 0.257. The van der Waals surface area contributed by atoms with Crippen LogP contribution in [0.5, 0.6) is 0 Å². The first-order chi connectivity index (χ1) is 12.1. The van der Waals surface area contributed by atoms with Crippen LogP contribution in [0.3, 0.4) is 0 Å². The maximum atomic E-state index is 12.0. The molecule has 1 aromatic carbocycles. The number of anilines is 1. The number of amides is 1. The van der Waals surface area contributed by atoms with E-state index >= 15 is 0 Å². The van der Waals surface area contributed by atoms with Gasteiger partial charge in [-0.2, -0.15) is 4.73 Å². The topological polar surface area (TPSA) is 82.3 Å². The number of ether oxygens (including phenoxy) is 1. The maximum absolute atomic E-state index is 12.0. The molecule has 6 nitrogen and oxygen atoms in total. The molecule has 7 heteroatoms. The Labute approximate surface area is 150 Å². The van der Waals surface area contributed by atoms with E-state index in [1.165, 1.54) is 6.20 Å². The van der Waals surface area contributed by atoms with E-state index in [0.717, 1.165) is 29.3 Å². The Hall–Kier alpha value is -2.54. The minimum absolute atomic E-state index is 0.118. The molecule has 1 aromatic heterocycles. The molecule has 132 valence electrons. The zero-order valence-electron chi connectivity index (χ0n) is 13.9. The van der Waals surface area contributed by atoms with E-state index in [9.17, 15) is 14.8 Å². The largest absolute Gasteiger partial charge is 0.618 e. The second-order valence-electron chi connectivity index (χ2n) is 5.27. The highest BCUT2D eigenvalue weighted by atomic mass is 32.2. The van der Waals surface area contributed by atoms with Gasteiger partial charge in [0.1, 0.15) is 0 Å². The highest BCUT2D eigenvalue weighted by molar-refractivity contribution is 7.99. The van der Waals surface area contributed by atoms with Gasteiger partial charge in [-0.15, -0.1) is 0 Å². The number of aromatic nitrogens is 1. The lowest BCUT2D eigenvalue weighted by Crippen LogP contribution is -2.28. The molecule has 1 N–H and O–H groups in total. The van der Waals surface area contributed by atoms with E-state index in [4.69, 9.17) is 4.74 Å². The third kappa shape index (κ3) is 6.11. The number of unbranched alkanes of at least 4 members (excludes halogenated alkanes) is 1. The standard InChI is InChI=1S/C18H20N2O4S/c1-2-3-12-24-18(22)14-7-9-15(10-8-14)19-16(21)13-25-17-6-4-5-11-20(17)23/h4-11H,2-3,12-13H2,1H3,(H,19,21). The fraction of sp³-hybridized carbons (Fsp3) is 0.278. The molecule has 0 radical (unpaired) electrons. The fourth-order valence-corrected chi connectivity index (χ4v) is 2.66. The van der Waals surface area contributed by atoms with Crippen LogP contribution in [0.15, 0.2) is 53.7 Å². The summed E-state index contributed by atoms with van der Waals surface area (Å²) in [5, 5.41) is 14.7. The molecule has 0 atom stereocenters. The third-order valence-corrected chi connectivity index (χ3v) is 4.29. The Morgan fingerprint density at radius 2 is 1.96 bits per heavy atom. The molecule has 2 aromatic rings. The van der Waals surface area contributed by atoms with Crippen LogP contribution < -0.4 is 10.0 Å². The molecule has 25 heavy (non-hydrogen) atoms. The second-order valence-corrected chi connectivity index (χ2v) is 6.26. The SMILES string of the molecule is CCCCOC(=O)c1ccc(NC(=O)CSc2cccc[n+]2[O-])cc1. The summed E-state index contributed by atoms with van der Waals surface area (Å²) < 4.78 is 5.85. The van der Waals surface area contributed by atoms with E-state index in [1.54, 1.807) is 42.5 Å². The Morgan fingerprint density at radius 1 is 1.20 bits per heavy atom. The van der Waals surface area contributed by atoms with Crippen LogP contribution in [0.4, 0.5) is 5.69 Å². The molecule has 0 unspecified atom stereocenters. The van der Waals surface area contributed by atoms with Gasteiger partial charge in [0.05, 0.1) is 17.9 Å². The summed E-state index contributed by atoms with van der Waals surface area (Å²) in [6.07, 6.45) is 3.19. The van der Waals surface area contributed by atoms with Crippen LogP contribution in [0.2, 0.25) is 0 Å². The molecular weight excluding hydrogens is 340 g/mol. The van der Waals surface area contributed by atoms with Crippen molar-refractivity contribution in [3.8, 4) is 0 Å². The normalized spacial score (nSPS) is 10.3. The summed E-state index contributed by atoms with van der Waals surface area (Å²) in [6.45, 7) is 2.43. The van der Waals surface area contributed by atoms with Crippen LogP contribution in [0.25, 0.3) is 0 Å². The molecule has 0 fully saturated rings. The van der Waals surface area contributed by atoms with Gasteiger partial charge in [0, 0.05) is 17.8 Å². The van der Waals surface area contributed by atoms with Crippen molar-refractivity contribution in [2.24, 2.45) is 0 Å². The van der Waals surface area contributed by atoms with Crippen LogP contribution in [-0.4, -0.2) is 24.2 Å². The molecule has 0 saturated heterocycles. The predicted molar refractivity (Wildman–Crippen MR) is 96.4 cm³/mol. The van der Waals surface area contributed by atoms with Crippen LogP contribution >= 0.6 is 11.8 Å². The number of nitrogens with zero attached hydrogens (tertiary/aromatic N) is 1. The molecule has 0 aliphatic rings. The van der Waals surface area contributed by atoms with Crippen molar-refractivity contribution in [1.82, 2.24) is 0 Å². The number of thioether (sulfide) groups is 1. The number of hydrogen-bond donors (Lipinski definition) is 1. The van der Waals surface area contributed by atoms with Gasteiger partial charge in [-0.05, 0) is 48.5 Å². The molecule has 0 spiro atoms. The minimum atomic E-state index is -0.369. The summed E-state index contributed by atoms with van der Waals surface area (Å²) >= 11 is 1.16. The van der Waals surface area contributed by atoms with Crippen molar-refractivity contribution in [3.05, 3.63) is 59.4 Å². The zero-order chi connectivity index (χ0) is 18.1. The summed E-state index contributed by atoms with van der Waals surface area (Å²) in [5.74, 6) is -0.481. The molecule has 0 aliphatic carbocycles. The first-order valence-electron chi connectivity index (χ1n) is 7.98. The number of carbonyl (C=O) groups excluding carboxylic acids is 2. The summed E-state index contributed by atoms with van der Waals surface area (Å²) in [4.78, 5) is 23.8. The van der Waals surface area contributed by atoms with E-state index in [2.05, 4.69) is 5.32 Å². The first kappa shape index (κ1) is 18.8. The smallest absolute Gasteiger partial charge is 0.338 e. The van der Waals surface area contributed by atoms with Crippen LogP contribution in [0.1, 0.15) is 30.1 Å². The van der Waals surface area contributed by atoms with Crippen LogP contribution in [0, 0.1) is 5.21 Å². The molecule has 2 rings (SSSR count). The molecular formula is C18H20N2O4S. The van der Waals surface area contributed by atoms with E-state index in [1.807, 2.05) is 6.92 Å². The monoisotopic (exact) mass is 360 g/mol.